The van der Waals surface area contributed by atoms with Crippen molar-refractivity contribution in [1.29, 1.82) is 0 Å². The Morgan fingerprint density at radius 2 is 2.09 bits per heavy atom. The van der Waals surface area contributed by atoms with Gasteiger partial charge >= 0.3 is 0 Å². The van der Waals surface area contributed by atoms with Crippen LogP contribution in [0.4, 0.5) is 0 Å². The Balaban J connectivity index is 1.58. The molecule has 23 heavy (non-hydrogen) atoms. The molecule has 0 aliphatic carbocycles. The van der Waals surface area contributed by atoms with Crippen molar-refractivity contribution >= 4 is 28.1 Å². The Bertz CT molecular complexity index is 781. The first kappa shape index (κ1) is 15.6. The average molecular weight is 325 g/mol. The Labute approximate surface area is 139 Å². The summed E-state index contributed by atoms with van der Waals surface area (Å²) in [5.74, 6) is 0.0362. The summed E-state index contributed by atoms with van der Waals surface area (Å²) in [6, 6.07) is 14.2. The van der Waals surface area contributed by atoms with Crippen molar-refractivity contribution in [1.82, 2.24) is 15.2 Å². The number of hydrogen-bond acceptors (Lipinski definition) is 4. The van der Waals surface area contributed by atoms with Crippen LogP contribution in [0.5, 0.6) is 0 Å². The van der Waals surface area contributed by atoms with Gasteiger partial charge in [-0.2, -0.15) is 0 Å². The fourth-order valence-electron chi connectivity index (χ4n) is 2.54. The lowest BCUT2D eigenvalue weighted by Crippen LogP contribution is -2.34. The zero-order valence-electron chi connectivity index (χ0n) is 13.0. The first-order valence-electron chi connectivity index (χ1n) is 7.52. The van der Waals surface area contributed by atoms with Crippen molar-refractivity contribution in [2.75, 3.05) is 13.6 Å². The first-order valence-corrected chi connectivity index (χ1v) is 8.40. The molecule has 0 fully saturated rings. The lowest BCUT2D eigenvalue weighted by molar-refractivity contribution is -0.122. The second-order valence-corrected chi connectivity index (χ2v) is 6.55. The van der Waals surface area contributed by atoms with E-state index in [0.717, 1.165) is 16.5 Å². The Hall–Kier alpha value is -2.24. The fraction of sp³-hybridized carbons (Fsp3) is 0.222. The number of pyridine rings is 1. The molecule has 0 spiro atoms. The predicted molar refractivity (Wildman–Crippen MR) is 94.2 cm³/mol. The van der Waals surface area contributed by atoms with Crippen molar-refractivity contribution < 1.29 is 4.79 Å². The van der Waals surface area contributed by atoms with Gasteiger partial charge in [0.1, 0.15) is 0 Å². The Morgan fingerprint density at radius 1 is 1.22 bits per heavy atom. The molecule has 0 unspecified atom stereocenters. The van der Waals surface area contributed by atoms with E-state index in [0.29, 0.717) is 19.6 Å². The van der Waals surface area contributed by atoms with E-state index in [9.17, 15) is 4.79 Å². The third kappa shape index (κ3) is 4.15. The quantitative estimate of drug-likeness (QED) is 0.758. The zero-order valence-corrected chi connectivity index (χ0v) is 13.8. The molecule has 1 amide bonds. The van der Waals surface area contributed by atoms with E-state index in [1.54, 1.807) is 17.5 Å². The molecular weight excluding hydrogens is 306 g/mol. The summed E-state index contributed by atoms with van der Waals surface area (Å²) in [6.45, 7) is 1.66. The van der Waals surface area contributed by atoms with Crippen LogP contribution in [-0.2, 0) is 17.9 Å². The van der Waals surface area contributed by atoms with Crippen molar-refractivity contribution in [3.8, 4) is 0 Å². The molecule has 1 aromatic carbocycles. The van der Waals surface area contributed by atoms with Gasteiger partial charge in [0.05, 0.1) is 18.6 Å². The average Bonchev–Trinajstić information content (AvgIpc) is 3.07. The summed E-state index contributed by atoms with van der Waals surface area (Å²) in [7, 11) is 1.95. The maximum atomic E-state index is 12.0. The van der Waals surface area contributed by atoms with Crippen LogP contribution in [0, 0.1) is 0 Å². The molecule has 5 heteroatoms. The van der Waals surface area contributed by atoms with E-state index in [2.05, 4.69) is 28.5 Å². The number of carbonyl (C=O) groups is 1. The van der Waals surface area contributed by atoms with Gasteiger partial charge in [-0.1, -0.05) is 30.3 Å². The molecule has 0 saturated carbocycles. The number of hydrogen-bond donors (Lipinski definition) is 1. The van der Waals surface area contributed by atoms with Crippen LogP contribution in [0.2, 0.25) is 0 Å². The van der Waals surface area contributed by atoms with Gasteiger partial charge in [0.15, 0.2) is 0 Å². The van der Waals surface area contributed by atoms with Gasteiger partial charge < -0.3 is 5.32 Å². The van der Waals surface area contributed by atoms with Crippen LogP contribution in [0.3, 0.4) is 0 Å². The number of carbonyl (C=O) groups excluding carboxylic acids is 1. The Kier molecular flexibility index (Phi) is 5.00. The number of nitrogens with one attached hydrogen (secondary N) is 1. The van der Waals surface area contributed by atoms with E-state index in [-0.39, 0.29) is 5.91 Å². The second-order valence-electron chi connectivity index (χ2n) is 5.52. The van der Waals surface area contributed by atoms with Crippen LogP contribution in [0.15, 0.2) is 54.0 Å². The number of thiophene rings is 1. The normalized spacial score (nSPS) is 11.0. The number of rotatable bonds is 6. The summed E-state index contributed by atoms with van der Waals surface area (Å²) in [5.41, 5.74) is 2.14. The first-order chi connectivity index (χ1) is 11.2. The SMILES string of the molecule is CN(CC(=O)NCc1cccs1)Cc1cccc2cccnc12. The lowest BCUT2D eigenvalue weighted by atomic mass is 10.1. The lowest BCUT2D eigenvalue weighted by Gasteiger charge is -2.17. The Morgan fingerprint density at radius 3 is 2.91 bits per heavy atom. The van der Waals surface area contributed by atoms with E-state index in [1.165, 1.54) is 4.88 Å². The molecule has 3 aromatic rings. The minimum Gasteiger partial charge on any atom is -0.350 e. The second kappa shape index (κ2) is 7.35. The van der Waals surface area contributed by atoms with Gasteiger partial charge in [0.2, 0.25) is 5.91 Å². The molecule has 0 atom stereocenters. The number of nitrogens with zero attached hydrogens (tertiary/aromatic N) is 2. The van der Waals surface area contributed by atoms with Gasteiger partial charge in [-0.3, -0.25) is 14.7 Å². The standard InChI is InChI=1S/C18H19N3OS/c1-21(13-17(22)20-11-16-8-4-10-23-16)12-15-6-2-5-14-7-3-9-19-18(14)15/h2-10H,11-13H2,1H3,(H,20,22). The van der Waals surface area contributed by atoms with E-state index in [4.69, 9.17) is 0 Å². The number of likely N-dealkylation sites (N-methyl/N-ethyl adjacent to an activating group) is 1. The van der Waals surface area contributed by atoms with Crippen molar-refractivity contribution in [2.24, 2.45) is 0 Å². The molecule has 1 N–H and O–H groups in total. The monoisotopic (exact) mass is 325 g/mol. The van der Waals surface area contributed by atoms with Gasteiger partial charge in [-0.25, -0.2) is 0 Å². The molecule has 0 saturated heterocycles. The maximum Gasteiger partial charge on any atom is 0.234 e. The van der Waals surface area contributed by atoms with Crippen LogP contribution in [0.1, 0.15) is 10.4 Å². The van der Waals surface area contributed by atoms with Gasteiger partial charge in [-0.15, -0.1) is 11.3 Å². The highest BCUT2D eigenvalue weighted by molar-refractivity contribution is 7.09. The smallest absolute Gasteiger partial charge is 0.234 e. The summed E-state index contributed by atoms with van der Waals surface area (Å²) in [5, 5.41) is 6.09. The van der Waals surface area contributed by atoms with Crippen molar-refractivity contribution in [3.63, 3.8) is 0 Å². The highest BCUT2D eigenvalue weighted by Crippen LogP contribution is 2.17. The summed E-state index contributed by atoms with van der Waals surface area (Å²) in [4.78, 5) is 19.7. The number of para-hydroxylation sites is 1. The topological polar surface area (TPSA) is 45.2 Å². The van der Waals surface area contributed by atoms with Crippen LogP contribution in [0.25, 0.3) is 10.9 Å². The molecule has 0 aliphatic rings. The molecule has 2 aromatic heterocycles. The number of aromatic nitrogens is 1. The summed E-state index contributed by atoms with van der Waals surface area (Å²) >= 11 is 1.65. The fourth-order valence-corrected chi connectivity index (χ4v) is 3.19. The molecule has 118 valence electrons. The number of amides is 1. The van der Waals surface area contributed by atoms with Gasteiger partial charge in [0, 0.05) is 23.0 Å². The molecular formula is C18H19N3OS. The van der Waals surface area contributed by atoms with E-state index < -0.39 is 0 Å². The van der Waals surface area contributed by atoms with Crippen molar-refractivity contribution in [3.05, 3.63) is 64.5 Å². The third-order valence-electron chi connectivity index (χ3n) is 3.61. The minimum absolute atomic E-state index is 0.0362. The van der Waals surface area contributed by atoms with Gasteiger partial charge in [-0.05, 0) is 30.1 Å². The van der Waals surface area contributed by atoms with Crippen LogP contribution < -0.4 is 5.32 Å². The largest absolute Gasteiger partial charge is 0.350 e. The molecule has 0 radical (unpaired) electrons. The van der Waals surface area contributed by atoms with Crippen LogP contribution >= 0.6 is 11.3 Å². The molecule has 3 rings (SSSR count). The van der Waals surface area contributed by atoms with Crippen LogP contribution in [-0.4, -0.2) is 29.4 Å². The molecule has 0 bridgehead atoms. The molecule has 2 heterocycles. The summed E-state index contributed by atoms with van der Waals surface area (Å²) < 4.78 is 0. The predicted octanol–water partition coefficient (Wildman–Crippen LogP) is 3.04. The molecule has 0 aliphatic heterocycles. The number of benzene rings is 1. The number of fused-ring (bicyclic) bond motifs is 1. The van der Waals surface area contributed by atoms with E-state index >= 15 is 0 Å². The maximum absolute atomic E-state index is 12.0. The highest BCUT2D eigenvalue weighted by atomic mass is 32.1. The highest BCUT2D eigenvalue weighted by Gasteiger charge is 2.09. The minimum atomic E-state index is 0.0362. The van der Waals surface area contributed by atoms with Crippen molar-refractivity contribution in [2.45, 2.75) is 13.1 Å². The molecule has 4 nitrogen and oxygen atoms in total. The third-order valence-corrected chi connectivity index (χ3v) is 4.49. The summed E-state index contributed by atoms with van der Waals surface area (Å²) in [6.07, 6.45) is 1.81. The van der Waals surface area contributed by atoms with Gasteiger partial charge in [0.25, 0.3) is 0 Å². The van der Waals surface area contributed by atoms with E-state index in [1.807, 2.05) is 41.6 Å². The zero-order chi connectivity index (χ0) is 16.1.